The quantitative estimate of drug-likeness (QED) is 0.939. The Morgan fingerprint density at radius 3 is 2.62 bits per heavy atom. The van der Waals surface area contributed by atoms with E-state index in [1.54, 1.807) is 7.05 Å². The van der Waals surface area contributed by atoms with E-state index in [0.717, 1.165) is 17.9 Å². The third kappa shape index (κ3) is 2.38. The van der Waals surface area contributed by atoms with E-state index in [4.69, 9.17) is 0 Å². The van der Waals surface area contributed by atoms with Gasteiger partial charge in [0.25, 0.3) is 5.91 Å². The largest absolute Gasteiger partial charge is 0.378 e. The molecule has 0 bridgehead atoms. The topological polar surface area (TPSA) is 43.8 Å². The average molecular weight is 282 g/mol. The monoisotopic (exact) mass is 282 g/mol. The fourth-order valence-electron chi connectivity index (χ4n) is 2.67. The maximum atomic E-state index is 11.8. The Balaban J connectivity index is 1.86. The zero-order chi connectivity index (χ0) is 15.0. The number of carbonyl (C=O) groups excluding carboxylic acids is 1. The maximum Gasteiger partial charge on any atom is 0.260 e. The summed E-state index contributed by atoms with van der Waals surface area (Å²) < 4.78 is 0. The summed E-state index contributed by atoms with van der Waals surface area (Å²) in [6.45, 7) is 0.792. The van der Waals surface area contributed by atoms with Crippen LogP contribution < -0.4 is 9.80 Å². The van der Waals surface area contributed by atoms with Gasteiger partial charge in [-0.25, -0.2) is 0 Å². The molecular weight excluding hydrogens is 264 g/mol. The number of likely N-dealkylation sites (N-methyl/N-ethyl adjacent to an activating group) is 1. The average Bonchev–Trinajstić information content (AvgIpc) is 2.73. The van der Waals surface area contributed by atoms with Crippen LogP contribution in [-0.2, 0) is 11.3 Å². The Labute approximate surface area is 124 Å². The van der Waals surface area contributed by atoms with Crippen molar-refractivity contribution in [1.29, 1.82) is 0 Å². The van der Waals surface area contributed by atoms with E-state index in [1.807, 2.05) is 43.4 Å². The van der Waals surface area contributed by atoms with Crippen LogP contribution in [0.25, 0.3) is 0 Å². The minimum Gasteiger partial charge on any atom is -0.378 e. The van der Waals surface area contributed by atoms with Gasteiger partial charge in [-0.05, 0) is 17.7 Å². The summed E-state index contributed by atoms with van der Waals surface area (Å²) in [6.07, 6.45) is -1.03. The Kier molecular flexibility index (Phi) is 3.39. The fourth-order valence-corrected chi connectivity index (χ4v) is 2.67. The highest BCUT2D eigenvalue weighted by Gasteiger charge is 2.33. The number of aliphatic hydroxyl groups excluding tert-OH is 1. The molecule has 1 heterocycles. The van der Waals surface area contributed by atoms with Gasteiger partial charge in [-0.1, -0.05) is 36.4 Å². The molecule has 4 nitrogen and oxygen atoms in total. The van der Waals surface area contributed by atoms with Gasteiger partial charge in [-0.2, -0.15) is 0 Å². The summed E-state index contributed by atoms with van der Waals surface area (Å²) in [6, 6.07) is 15.9. The molecule has 4 heteroatoms. The van der Waals surface area contributed by atoms with Crippen molar-refractivity contribution in [2.24, 2.45) is 0 Å². The first-order valence-electron chi connectivity index (χ1n) is 6.92. The number of nitrogens with zero attached hydrogens (tertiary/aromatic N) is 2. The van der Waals surface area contributed by atoms with Gasteiger partial charge in [0.05, 0.1) is 5.69 Å². The van der Waals surface area contributed by atoms with Crippen molar-refractivity contribution in [3.05, 3.63) is 59.7 Å². The molecule has 21 heavy (non-hydrogen) atoms. The number of carbonyl (C=O) groups is 1. The highest BCUT2D eigenvalue weighted by Crippen LogP contribution is 2.37. The lowest BCUT2D eigenvalue weighted by molar-refractivity contribution is -0.125. The van der Waals surface area contributed by atoms with Gasteiger partial charge < -0.3 is 14.9 Å². The molecular formula is C17H18N2O2. The molecule has 1 atom stereocenters. The summed E-state index contributed by atoms with van der Waals surface area (Å²) in [5.41, 5.74) is 3.71. The molecule has 0 aromatic heterocycles. The molecule has 0 fully saturated rings. The SMILES string of the molecule is CN(Cc1ccccc1)c1ccc2c(c1)N(C)C(=O)C2O. The van der Waals surface area contributed by atoms with Crippen molar-refractivity contribution >= 4 is 17.3 Å². The van der Waals surface area contributed by atoms with Crippen LogP contribution in [0.2, 0.25) is 0 Å². The minimum absolute atomic E-state index is 0.270. The van der Waals surface area contributed by atoms with Crippen LogP contribution in [0.5, 0.6) is 0 Å². The van der Waals surface area contributed by atoms with E-state index in [1.165, 1.54) is 10.5 Å². The normalized spacial score (nSPS) is 17.0. The first-order valence-corrected chi connectivity index (χ1v) is 6.92. The van der Waals surface area contributed by atoms with E-state index in [-0.39, 0.29) is 5.91 Å². The fraction of sp³-hybridized carbons (Fsp3) is 0.235. The smallest absolute Gasteiger partial charge is 0.260 e. The Morgan fingerprint density at radius 2 is 1.90 bits per heavy atom. The van der Waals surface area contributed by atoms with Crippen LogP contribution >= 0.6 is 0 Å². The molecule has 1 aliphatic rings. The highest BCUT2D eigenvalue weighted by atomic mass is 16.3. The number of aliphatic hydroxyl groups is 1. The van der Waals surface area contributed by atoms with Gasteiger partial charge in [0.15, 0.2) is 6.10 Å². The molecule has 1 N–H and O–H groups in total. The number of fused-ring (bicyclic) bond motifs is 1. The molecule has 1 aliphatic heterocycles. The summed E-state index contributed by atoms with van der Waals surface area (Å²) in [5, 5.41) is 9.88. The van der Waals surface area contributed by atoms with Gasteiger partial charge in [0.1, 0.15) is 0 Å². The van der Waals surface area contributed by atoms with Gasteiger partial charge >= 0.3 is 0 Å². The van der Waals surface area contributed by atoms with Crippen molar-refractivity contribution in [1.82, 2.24) is 0 Å². The van der Waals surface area contributed by atoms with Gasteiger partial charge in [0.2, 0.25) is 0 Å². The summed E-state index contributed by atoms with van der Waals surface area (Å²) in [7, 11) is 3.71. The zero-order valence-corrected chi connectivity index (χ0v) is 12.2. The van der Waals surface area contributed by atoms with Crippen molar-refractivity contribution in [3.8, 4) is 0 Å². The summed E-state index contributed by atoms with van der Waals surface area (Å²) in [5.74, 6) is -0.270. The van der Waals surface area contributed by atoms with Crippen molar-refractivity contribution in [3.63, 3.8) is 0 Å². The third-order valence-electron chi connectivity index (χ3n) is 3.94. The molecule has 0 spiro atoms. The maximum absolute atomic E-state index is 11.8. The second-order valence-corrected chi connectivity index (χ2v) is 5.38. The molecule has 0 aliphatic carbocycles. The van der Waals surface area contributed by atoms with Crippen molar-refractivity contribution in [2.45, 2.75) is 12.6 Å². The Hall–Kier alpha value is -2.33. The molecule has 2 aromatic carbocycles. The van der Waals surface area contributed by atoms with Crippen molar-refractivity contribution < 1.29 is 9.90 Å². The number of hydrogen-bond acceptors (Lipinski definition) is 3. The first-order chi connectivity index (χ1) is 10.1. The Bertz CT molecular complexity index is 670. The predicted molar refractivity (Wildman–Crippen MR) is 83.4 cm³/mol. The lowest BCUT2D eigenvalue weighted by atomic mass is 10.1. The second-order valence-electron chi connectivity index (χ2n) is 5.38. The third-order valence-corrected chi connectivity index (χ3v) is 3.94. The minimum atomic E-state index is -1.03. The van der Waals surface area contributed by atoms with Gasteiger partial charge in [0, 0.05) is 31.9 Å². The van der Waals surface area contributed by atoms with Crippen LogP contribution in [0, 0.1) is 0 Å². The van der Waals surface area contributed by atoms with Crippen LogP contribution in [0.1, 0.15) is 17.2 Å². The first kappa shape index (κ1) is 13.6. The molecule has 0 radical (unpaired) electrons. The lowest BCUT2D eigenvalue weighted by Crippen LogP contribution is -2.23. The van der Waals surface area contributed by atoms with Gasteiger partial charge in [-0.15, -0.1) is 0 Å². The van der Waals surface area contributed by atoms with E-state index < -0.39 is 6.10 Å². The number of benzene rings is 2. The van der Waals surface area contributed by atoms with Crippen LogP contribution in [-0.4, -0.2) is 25.1 Å². The molecule has 1 amide bonds. The zero-order valence-electron chi connectivity index (χ0n) is 12.2. The molecule has 2 aromatic rings. The van der Waals surface area contributed by atoms with Gasteiger partial charge in [-0.3, -0.25) is 4.79 Å². The van der Waals surface area contributed by atoms with E-state index in [9.17, 15) is 9.90 Å². The lowest BCUT2D eigenvalue weighted by Gasteiger charge is -2.21. The number of amides is 1. The summed E-state index contributed by atoms with van der Waals surface area (Å²) in [4.78, 5) is 15.4. The predicted octanol–water partition coefficient (Wildman–Crippen LogP) is 2.33. The number of anilines is 2. The summed E-state index contributed by atoms with van der Waals surface area (Å²) >= 11 is 0. The molecule has 0 saturated heterocycles. The van der Waals surface area contributed by atoms with E-state index >= 15 is 0 Å². The van der Waals surface area contributed by atoms with Crippen LogP contribution in [0.4, 0.5) is 11.4 Å². The van der Waals surface area contributed by atoms with Crippen molar-refractivity contribution in [2.75, 3.05) is 23.9 Å². The number of hydrogen-bond donors (Lipinski definition) is 1. The molecule has 0 saturated carbocycles. The highest BCUT2D eigenvalue weighted by molar-refractivity contribution is 6.03. The number of rotatable bonds is 3. The Morgan fingerprint density at radius 1 is 1.19 bits per heavy atom. The molecule has 108 valence electrons. The van der Waals surface area contributed by atoms with Crippen LogP contribution in [0.3, 0.4) is 0 Å². The molecule has 3 rings (SSSR count). The molecule has 1 unspecified atom stereocenters. The van der Waals surface area contributed by atoms with E-state index in [2.05, 4.69) is 17.0 Å². The van der Waals surface area contributed by atoms with E-state index in [0.29, 0.717) is 5.56 Å². The van der Waals surface area contributed by atoms with Crippen LogP contribution in [0.15, 0.2) is 48.5 Å². The second kappa shape index (κ2) is 5.22. The standard InChI is InChI=1S/C17H18N2O2/c1-18(11-12-6-4-3-5-7-12)13-8-9-14-15(10-13)19(2)17(21)16(14)20/h3-10,16,20H,11H2,1-2H3.